The van der Waals surface area contributed by atoms with Crippen LogP contribution in [0, 0.1) is 23.1 Å². The molecule has 5 rings (SSSR count). The maximum Gasteiger partial charge on any atom is 0.258 e. The number of carbonyl (C=O) groups excluding carboxylic acids is 2. The molecule has 8 heteroatoms. The van der Waals surface area contributed by atoms with Crippen molar-refractivity contribution >= 4 is 45.6 Å². The van der Waals surface area contributed by atoms with Crippen LogP contribution < -0.4 is 10.6 Å². The molecule has 2 N–H and O–H groups in total. The second-order valence-corrected chi connectivity index (χ2v) is 11.8. The molecular weight excluding hydrogens is 529 g/mol. The van der Waals surface area contributed by atoms with Gasteiger partial charge in [0.1, 0.15) is 22.1 Å². The number of rotatable bonds is 7. The number of thiophene rings is 1. The summed E-state index contributed by atoms with van der Waals surface area (Å²) in [4.78, 5) is 28.3. The lowest BCUT2D eigenvalue weighted by Gasteiger charge is -2.17. The van der Waals surface area contributed by atoms with Gasteiger partial charge in [-0.1, -0.05) is 55.5 Å². The Labute approximate surface area is 235 Å². The van der Waals surface area contributed by atoms with Crippen LogP contribution in [0.5, 0.6) is 0 Å². The molecule has 39 heavy (non-hydrogen) atoms. The van der Waals surface area contributed by atoms with E-state index in [4.69, 9.17) is 0 Å². The minimum absolute atomic E-state index is 0.0431. The number of anilines is 2. The second-order valence-electron chi connectivity index (χ2n) is 9.53. The fourth-order valence-corrected chi connectivity index (χ4v) is 7.11. The van der Waals surface area contributed by atoms with Crippen LogP contribution in [0.3, 0.4) is 0 Å². The third-order valence-electron chi connectivity index (χ3n) is 6.66. The van der Waals surface area contributed by atoms with E-state index in [1.54, 1.807) is 24.3 Å². The number of hydrogen-bond acceptors (Lipinski definition) is 5. The minimum atomic E-state index is -0.603. The Bertz CT molecular complexity index is 1560. The molecule has 0 spiro atoms. The Morgan fingerprint density at radius 2 is 1.82 bits per heavy atom. The van der Waals surface area contributed by atoms with Gasteiger partial charge in [0.05, 0.1) is 11.1 Å². The van der Waals surface area contributed by atoms with Crippen LogP contribution in [0.25, 0.3) is 0 Å². The first kappa shape index (κ1) is 26.7. The van der Waals surface area contributed by atoms with E-state index in [2.05, 4.69) is 23.6 Å². The zero-order valence-electron chi connectivity index (χ0n) is 21.2. The number of hydrogen-bond donors (Lipinski definition) is 2. The predicted molar refractivity (Wildman–Crippen MR) is 155 cm³/mol. The summed E-state index contributed by atoms with van der Waals surface area (Å²) in [7, 11) is 0. The van der Waals surface area contributed by atoms with Crippen LogP contribution in [0.15, 0.2) is 83.8 Å². The number of nitrogens with one attached hydrogen (secondary N) is 2. The van der Waals surface area contributed by atoms with Crippen molar-refractivity contribution < 1.29 is 14.0 Å². The molecule has 3 aromatic carbocycles. The zero-order valence-corrected chi connectivity index (χ0v) is 22.9. The summed E-state index contributed by atoms with van der Waals surface area (Å²) in [5.74, 6) is -0.810. The van der Waals surface area contributed by atoms with Crippen molar-refractivity contribution in [1.82, 2.24) is 0 Å². The highest BCUT2D eigenvalue weighted by Crippen LogP contribution is 2.42. The normalized spacial score (nSPS) is 15.1. The van der Waals surface area contributed by atoms with Gasteiger partial charge in [0.2, 0.25) is 5.91 Å². The molecule has 4 aromatic rings. The van der Waals surface area contributed by atoms with E-state index in [9.17, 15) is 19.2 Å². The standard InChI is InChI=1S/C31H26FN3O2S2/c1-19-14-15-23-25(18-33)31(39-27(23)16-19)35-30(37)28(20-8-3-2-4-9-20)38-22-11-7-10-21(17-22)34-29(36)24-12-5-6-13-26(24)32/h2-13,17,19,28H,14-16H2,1H3,(H,34,36)(H,35,37). The Balaban J connectivity index is 1.39. The van der Waals surface area contributed by atoms with E-state index >= 15 is 0 Å². The van der Waals surface area contributed by atoms with Crippen molar-refractivity contribution in [3.63, 3.8) is 0 Å². The number of nitriles is 1. The monoisotopic (exact) mass is 555 g/mol. The summed E-state index contributed by atoms with van der Waals surface area (Å²) in [5, 5.41) is 15.7. The quantitative estimate of drug-likeness (QED) is 0.230. The molecule has 1 heterocycles. The van der Waals surface area contributed by atoms with Crippen LogP contribution in [0.4, 0.5) is 15.1 Å². The molecule has 2 atom stereocenters. The molecule has 0 radical (unpaired) electrons. The molecular formula is C31H26FN3O2S2. The number of amides is 2. The summed E-state index contributed by atoms with van der Waals surface area (Å²) in [6.45, 7) is 2.21. The SMILES string of the molecule is CC1CCc2c(sc(NC(=O)C(Sc3cccc(NC(=O)c4ccccc4F)c3)c3ccccc3)c2C#N)C1. The lowest BCUT2D eigenvalue weighted by atomic mass is 9.88. The van der Waals surface area contributed by atoms with Gasteiger partial charge in [-0.2, -0.15) is 5.26 Å². The molecule has 0 aliphatic heterocycles. The van der Waals surface area contributed by atoms with Crippen LogP contribution in [-0.2, 0) is 17.6 Å². The summed E-state index contributed by atoms with van der Waals surface area (Å²) in [6, 6.07) is 24.7. The molecule has 1 aliphatic carbocycles. The predicted octanol–water partition coefficient (Wildman–Crippen LogP) is 7.61. The maximum atomic E-state index is 14.1. The molecule has 0 fully saturated rings. The number of nitrogens with zero attached hydrogens (tertiary/aromatic N) is 1. The molecule has 0 saturated heterocycles. The highest BCUT2D eigenvalue weighted by atomic mass is 32.2. The smallest absolute Gasteiger partial charge is 0.258 e. The molecule has 2 unspecified atom stereocenters. The maximum absolute atomic E-state index is 14.1. The van der Waals surface area contributed by atoms with Crippen LogP contribution in [0.1, 0.15) is 50.5 Å². The second kappa shape index (κ2) is 11.9. The molecule has 196 valence electrons. The lowest BCUT2D eigenvalue weighted by Crippen LogP contribution is -2.19. The third-order valence-corrected chi connectivity index (χ3v) is 9.08. The van der Waals surface area contributed by atoms with Crippen LogP contribution in [-0.4, -0.2) is 11.8 Å². The fourth-order valence-electron chi connectivity index (χ4n) is 4.66. The van der Waals surface area contributed by atoms with Gasteiger partial charge < -0.3 is 10.6 Å². The van der Waals surface area contributed by atoms with E-state index in [1.807, 2.05) is 36.4 Å². The highest BCUT2D eigenvalue weighted by Gasteiger charge is 2.28. The van der Waals surface area contributed by atoms with E-state index < -0.39 is 17.0 Å². The van der Waals surface area contributed by atoms with Crippen molar-refractivity contribution in [3.8, 4) is 6.07 Å². The largest absolute Gasteiger partial charge is 0.322 e. The Morgan fingerprint density at radius 3 is 2.59 bits per heavy atom. The van der Waals surface area contributed by atoms with E-state index in [1.165, 1.54) is 46.2 Å². The molecule has 1 aliphatic rings. The number of carbonyl (C=O) groups is 2. The van der Waals surface area contributed by atoms with Gasteiger partial charge >= 0.3 is 0 Å². The first-order valence-electron chi connectivity index (χ1n) is 12.7. The van der Waals surface area contributed by atoms with Crippen LogP contribution in [0.2, 0.25) is 0 Å². The number of benzene rings is 3. The van der Waals surface area contributed by atoms with E-state index in [-0.39, 0.29) is 11.5 Å². The molecule has 0 bridgehead atoms. The summed E-state index contributed by atoms with van der Waals surface area (Å²) in [5.41, 5.74) is 2.91. The van der Waals surface area contributed by atoms with Crippen molar-refractivity contribution in [1.29, 1.82) is 5.26 Å². The van der Waals surface area contributed by atoms with E-state index in [0.717, 1.165) is 35.3 Å². The summed E-state index contributed by atoms with van der Waals surface area (Å²) in [6.07, 6.45) is 2.82. The highest BCUT2D eigenvalue weighted by molar-refractivity contribution is 8.00. The first-order valence-corrected chi connectivity index (χ1v) is 14.4. The zero-order chi connectivity index (χ0) is 27.4. The molecule has 0 saturated carbocycles. The molecule has 5 nitrogen and oxygen atoms in total. The Hall–Kier alpha value is -3.93. The van der Waals surface area contributed by atoms with Crippen LogP contribution >= 0.6 is 23.1 Å². The average molecular weight is 556 g/mol. The van der Waals surface area contributed by atoms with Crippen molar-refractivity contribution in [3.05, 3.63) is 112 Å². The summed E-state index contributed by atoms with van der Waals surface area (Å²) < 4.78 is 14.1. The minimum Gasteiger partial charge on any atom is -0.322 e. The van der Waals surface area contributed by atoms with Gasteiger partial charge in [-0.05, 0) is 66.6 Å². The van der Waals surface area contributed by atoms with Crippen molar-refractivity contribution in [2.24, 2.45) is 5.92 Å². The van der Waals surface area contributed by atoms with Crippen molar-refractivity contribution in [2.45, 2.75) is 36.3 Å². The van der Waals surface area contributed by atoms with E-state index in [0.29, 0.717) is 22.2 Å². The summed E-state index contributed by atoms with van der Waals surface area (Å²) >= 11 is 2.85. The third kappa shape index (κ3) is 6.06. The first-order chi connectivity index (χ1) is 18.9. The van der Waals surface area contributed by atoms with Gasteiger partial charge in [0.15, 0.2) is 0 Å². The molecule has 2 amide bonds. The Kier molecular flexibility index (Phi) is 8.10. The van der Waals surface area contributed by atoms with Gasteiger partial charge in [-0.15, -0.1) is 23.1 Å². The van der Waals surface area contributed by atoms with Gasteiger partial charge in [0, 0.05) is 15.5 Å². The topological polar surface area (TPSA) is 82.0 Å². The molecule has 1 aromatic heterocycles. The Morgan fingerprint density at radius 1 is 1.05 bits per heavy atom. The van der Waals surface area contributed by atoms with Gasteiger partial charge in [0.25, 0.3) is 5.91 Å². The number of halogens is 1. The van der Waals surface area contributed by atoms with Crippen molar-refractivity contribution in [2.75, 3.05) is 10.6 Å². The van der Waals surface area contributed by atoms with Gasteiger partial charge in [-0.3, -0.25) is 9.59 Å². The average Bonchev–Trinajstić information content (AvgIpc) is 3.28. The fraction of sp³-hybridized carbons (Fsp3) is 0.194. The lowest BCUT2D eigenvalue weighted by molar-refractivity contribution is -0.115. The number of thioether (sulfide) groups is 1. The number of fused-ring (bicyclic) bond motifs is 1. The van der Waals surface area contributed by atoms with Gasteiger partial charge in [-0.25, -0.2) is 4.39 Å².